The zero-order chi connectivity index (χ0) is 16.5. The Bertz CT molecular complexity index is 575. The summed E-state index contributed by atoms with van der Waals surface area (Å²) in [5.74, 6) is -0.251. The molecule has 22 heavy (non-hydrogen) atoms. The van der Waals surface area contributed by atoms with Gasteiger partial charge in [-0.15, -0.1) is 0 Å². The lowest BCUT2D eigenvalue weighted by molar-refractivity contribution is -0.132. The second-order valence-electron chi connectivity index (χ2n) is 7.03. The first kappa shape index (κ1) is 16.5. The second-order valence-corrected chi connectivity index (χ2v) is 7.03. The monoisotopic (exact) mass is 304 g/mol. The number of hydrogen-bond donors (Lipinski definition) is 1. The summed E-state index contributed by atoms with van der Waals surface area (Å²) in [4.78, 5) is 25.7. The van der Waals surface area contributed by atoms with Crippen LogP contribution in [0, 0.1) is 0 Å². The van der Waals surface area contributed by atoms with E-state index in [-0.39, 0.29) is 30.5 Å². The summed E-state index contributed by atoms with van der Waals surface area (Å²) in [7, 11) is 1.51. The Morgan fingerprint density at radius 1 is 1.18 bits per heavy atom. The number of benzene rings is 1. The molecule has 1 atom stereocenters. The summed E-state index contributed by atoms with van der Waals surface area (Å²) in [5.41, 5.74) is 1.25. The quantitative estimate of drug-likeness (QED) is 0.869. The number of nitrogens with zero attached hydrogens (tertiary/aromatic N) is 1. The lowest BCUT2D eigenvalue weighted by Crippen LogP contribution is -2.47. The fraction of sp³-hybridized carbons (Fsp3) is 0.529. The largest absolute Gasteiger partial charge is 0.382 e. The SMILES string of the molecule is COC[C@@]1(C)NC(=O)N(Cc2ccc(C(C)(C)C)cc2)C1=O. The van der Waals surface area contributed by atoms with Crippen molar-refractivity contribution in [2.45, 2.75) is 45.2 Å². The number of rotatable bonds is 4. The van der Waals surface area contributed by atoms with Crippen LogP contribution >= 0.6 is 0 Å². The van der Waals surface area contributed by atoms with Gasteiger partial charge in [-0.1, -0.05) is 45.0 Å². The number of ether oxygens (including phenoxy) is 1. The van der Waals surface area contributed by atoms with Crippen LogP contribution in [-0.2, 0) is 21.5 Å². The van der Waals surface area contributed by atoms with E-state index in [9.17, 15) is 9.59 Å². The maximum atomic E-state index is 12.4. The molecule has 1 aromatic rings. The maximum Gasteiger partial charge on any atom is 0.325 e. The van der Waals surface area contributed by atoms with E-state index < -0.39 is 5.54 Å². The molecular formula is C17H24N2O3. The van der Waals surface area contributed by atoms with Gasteiger partial charge in [0.1, 0.15) is 5.54 Å². The van der Waals surface area contributed by atoms with Gasteiger partial charge in [-0.05, 0) is 23.5 Å². The maximum absolute atomic E-state index is 12.4. The number of imide groups is 1. The summed E-state index contributed by atoms with van der Waals surface area (Å²) >= 11 is 0. The van der Waals surface area contributed by atoms with E-state index in [0.717, 1.165) is 5.56 Å². The number of nitrogens with one attached hydrogen (secondary N) is 1. The van der Waals surface area contributed by atoms with Crippen LogP contribution in [0.4, 0.5) is 4.79 Å². The summed E-state index contributed by atoms with van der Waals surface area (Å²) in [6.45, 7) is 8.56. The van der Waals surface area contributed by atoms with Crippen LogP contribution in [0.2, 0.25) is 0 Å². The molecule has 2 rings (SSSR count). The molecule has 0 aromatic heterocycles. The van der Waals surface area contributed by atoms with Gasteiger partial charge in [-0.3, -0.25) is 9.69 Å². The lowest BCUT2D eigenvalue weighted by Gasteiger charge is -2.21. The van der Waals surface area contributed by atoms with E-state index in [1.54, 1.807) is 6.92 Å². The van der Waals surface area contributed by atoms with Crippen LogP contribution < -0.4 is 5.32 Å². The van der Waals surface area contributed by atoms with Gasteiger partial charge < -0.3 is 10.1 Å². The van der Waals surface area contributed by atoms with E-state index in [2.05, 4.69) is 26.1 Å². The van der Waals surface area contributed by atoms with Crippen molar-refractivity contribution in [3.05, 3.63) is 35.4 Å². The van der Waals surface area contributed by atoms with Gasteiger partial charge in [-0.25, -0.2) is 4.79 Å². The molecule has 1 aliphatic heterocycles. The Balaban J connectivity index is 2.14. The molecule has 3 amide bonds. The molecule has 1 saturated heterocycles. The molecule has 1 fully saturated rings. The van der Waals surface area contributed by atoms with Crippen molar-refractivity contribution < 1.29 is 14.3 Å². The number of amides is 3. The predicted octanol–water partition coefficient (Wildman–Crippen LogP) is 2.44. The Labute approximate surface area is 131 Å². The van der Waals surface area contributed by atoms with E-state index in [0.29, 0.717) is 0 Å². The van der Waals surface area contributed by atoms with Crippen LogP contribution in [0.15, 0.2) is 24.3 Å². The van der Waals surface area contributed by atoms with E-state index in [1.807, 2.05) is 24.3 Å². The van der Waals surface area contributed by atoms with Crippen LogP contribution in [0.3, 0.4) is 0 Å². The topological polar surface area (TPSA) is 58.6 Å². The minimum absolute atomic E-state index is 0.0798. The Kier molecular flexibility index (Phi) is 4.29. The molecule has 0 aliphatic carbocycles. The molecule has 0 unspecified atom stereocenters. The Hall–Kier alpha value is -1.88. The summed E-state index contributed by atoms with van der Waals surface area (Å²) in [6.07, 6.45) is 0. The first-order valence-electron chi connectivity index (χ1n) is 7.40. The minimum atomic E-state index is -0.975. The number of methoxy groups -OCH3 is 1. The molecule has 0 bridgehead atoms. The Morgan fingerprint density at radius 3 is 2.27 bits per heavy atom. The van der Waals surface area contributed by atoms with Crippen molar-refractivity contribution in [1.82, 2.24) is 10.2 Å². The van der Waals surface area contributed by atoms with Crippen LogP contribution in [0.25, 0.3) is 0 Å². The molecule has 5 heteroatoms. The van der Waals surface area contributed by atoms with Crippen LogP contribution in [0.1, 0.15) is 38.8 Å². The third-order valence-electron chi connectivity index (χ3n) is 3.94. The summed E-state index contributed by atoms with van der Waals surface area (Å²) < 4.78 is 5.04. The molecule has 1 N–H and O–H groups in total. The average molecular weight is 304 g/mol. The third kappa shape index (κ3) is 3.14. The molecule has 1 aromatic carbocycles. The minimum Gasteiger partial charge on any atom is -0.382 e. The molecule has 0 spiro atoms. The Morgan fingerprint density at radius 2 is 1.77 bits per heavy atom. The lowest BCUT2D eigenvalue weighted by atomic mass is 9.87. The van der Waals surface area contributed by atoms with E-state index in [1.165, 1.54) is 17.6 Å². The highest BCUT2D eigenvalue weighted by Crippen LogP contribution is 2.24. The number of hydrogen-bond acceptors (Lipinski definition) is 3. The van der Waals surface area contributed by atoms with Crippen molar-refractivity contribution in [3.63, 3.8) is 0 Å². The zero-order valence-electron chi connectivity index (χ0n) is 13.9. The highest BCUT2D eigenvalue weighted by Gasteiger charge is 2.47. The van der Waals surface area contributed by atoms with Gasteiger partial charge in [0.2, 0.25) is 0 Å². The molecule has 0 saturated carbocycles. The average Bonchev–Trinajstić information content (AvgIpc) is 2.62. The summed E-state index contributed by atoms with van der Waals surface area (Å²) in [5, 5.41) is 2.70. The van der Waals surface area contributed by atoms with E-state index >= 15 is 0 Å². The van der Waals surface area contributed by atoms with E-state index in [4.69, 9.17) is 4.74 Å². The summed E-state index contributed by atoms with van der Waals surface area (Å²) in [6, 6.07) is 7.65. The highest BCUT2D eigenvalue weighted by atomic mass is 16.5. The van der Waals surface area contributed by atoms with Gasteiger partial charge in [0.25, 0.3) is 5.91 Å². The molecular weight excluding hydrogens is 280 g/mol. The predicted molar refractivity (Wildman–Crippen MR) is 84.5 cm³/mol. The smallest absolute Gasteiger partial charge is 0.325 e. The van der Waals surface area contributed by atoms with Gasteiger partial charge in [-0.2, -0.15) is 0 Å². The molecule has 120 valence electrons. The first-order chi connectivity index (χ1) is 10.2. The van der Waals surface area contributed by atoms with Gasteiger partial charge in [0.15, 0.2) is 0 Å². The molecule has 0 radical (unpaired) electrons. The van der Waals surface area contributed by atoms with Crippen LogP contribution in [0.5, 0.6) is 0 Å². The fourth-order valence-corrected chi connectivity index (χ4v) is 2.57. The fourth-order valence-electron chi connectivity index (χ4n) is 2.57. The number of urea groups is 1. The number of carbonyl (C=O) groups is 2. The normalized spacial score (nSPS) is 22.1. The van der Waals surface area contributed by atoms with Gasteiger partial charge in [0.05, 0.1) is 13.2 Å². The van der Waals surface area contributed by atoms with Crippen molar-refractivity contribution in [2.24, 2.45) is 0 Å². The van der Waals surface area contributed by atoms with Crippen molar-refractivity contribution in [2.75, 3.05) is 13.7 Å². The molecule has 1 heterocycles. The van der Waals surface area contributed by atoms with Gasteiger partial charge >= 0.3 is 6.03 Å². The van der Waals surface area contributed by atoms with Crippen molar-refractivity contribution in [3.8, 4) is 0 Å². The third-order valence-corrected chi connectivity index (χ3v) is 3.94. The standard InChI is InChI=1S/C17H24N2O3/c1-16(2,3)13-8-6-12(7-9-13)10-19-14(20)17(4,11-22-5)18-15(19)21/h6-9H,10-11H2,1-5H3,(H,18,21)/t17-/m1/s1. The highest BCUT2D eigenvalue weighted by molar-refractivity contribution is 6.06. The molecule has 1 aliphatic rings. The first-order valence-corrected chi connectivity index (χ1v) is 7.40. The van der Waals surface area contributed by atoms with Gasteiger partial charge in [0, 0.05) is 7.11 Å². The zero-order valence-corrected chi connectivity index (χ0v) is 13.9. The second kappa shape index (κ2) is 5.72. The number of carbonyl (C=O) groups excluding carboxylic acids is 2. The van der Waals surface area contributed by atoms with Crippen molar-refractivity contribution >= 4 is 11.9 Å². The molecule has 5 nitrogen and oxygen atoms in total. The van der Waals surface area contributed by atoms with Crippen molar-refractivity contribution in [1.29, 1.82) is 0 Å². The van der Waals surface area contributed by atoms with Crippen LogP contribution in [-0.4, -0.2) is 36.1 Å².